The Hall–Kier alpha value is -3.08. The molecule has 36 heavy (non-hydrogen) atoms. The highest BCUT2D eigenvalue weighted by Crippen LogP contribution is 2.26. The van der Waals surface area contributed by atoms with Crippen molar-refractivity contribution in [3.8, 4) is 11.8 Å². The molecule has 0 saturated carbocycles. The fourth-order valence-corrected chi connectivity index (χ4v) is 4.66. The van der Waals surface area contributed by atoms with Gasteiger partial charge in [-0.25, -0.2) is 0 Å². The molecule has 0 N–H and O–H groups in total. The van der Waals surface area contributed by atoms with Gasteiger partial charge in [0.25, 0.3) is 5.91 Å². The van der Waals surface area contributed by atoms with Gasteiger partial charge in [0.2, 0.25) is 0 Å². The molecule has 0 bridgehead atoms. The highest BCUT2D eigenvalue weighted by molar-refractivity contribution is 6.36. The summed E-state index contributed by atoms with van der Waals surface area (Å²) in [6.07, 6.45) is -0.191. The third-order valence-corrected chi connectivity index (χ3v) is 6.79. The van der Waals surface area contributed by atoms with Gasteiger partial charge in [0.1, 0.15) is 5.75 Å². The number of carbonyl (C=O) groups is 1. The maximum Gasteiger partial charge on any atom is 0.255 e. The summed E-state index contributed by atoms with van der Waals surface area (Å²) in [6.45, 7) is 3.72. The van der Waals surface area contributed by atoms with E-state index in [2.05, 4.69) is 11.0 Å². The third-order valence-electron chi connectivity index (χ3n) is 6.24. The van der Waals surface area contributed by atoms with Gasteiger partial charge >= 0.3 is 0 Å². The Labute approximate surface area is 221 Å². The quantitative estimate of drug-likeness (QED) is 0.385. The minimum Gasteiger partial charge on any atom is -0.497 e. The molecular weight excluding hydrogens is 497 g/mol. The van der Waals surface area contributed by atoms with Crippen molar-refractivity contribution < 1.29 is 14.3 Å². The predicted octanol–water partition coefficient (Wildman–Crippen LogP) is 5.59. The molecule has 1 saturated heterocycles. The van der Waals surface area contributed by atoms with Gasteiger partial charge in [-0.15, -0.1) is 0 Å². The fourth-order valence-electron chi connectivity index (χ4n) is 4.17. The van der Waals surface area contributed by atoms with E-state index in [9.17, 15) is 4.79 Å². The zero-order chi connectivity index (χ0) is 25.5. The molecular formula is C28H27Cl2N3O3. The number of hydrogen-bond donors (Lipinski definition) is 0. The lowest BCUT2D eigenvalue weighted by molar-refractivity contribution is 0.00333. The van der Waals surface area contributed by atoms with E-state index in [-0.39, 0.29) is 12.0 Å². The van der Waals surface area contributed by atoms with Crippen LogP contribution in [0.5, 0.6) is 5.75 Å². The van der Waals surface area contributed by atoms with Crippen LogP contribution in [0.1, 0.15) is 33.2 Å². The molecule has 186 valence electrons. The Morgan fingerprint density at radius 1 is 1.03 bits per heavy atom. The van der Waals surface area contributed by atoms with Crippen molar-refractivity contribution in [3.63, 3.8) is 0 Å². The van der Waals surface area contributed by atoms with Crippen LogP contribution in [-0.4, -0.2) is 55.5 Å². The number of benzene rings is 3. The molecule has 0 aliphatic carbocycles. The Balaban J connectivity index is 1.41. The van der Waals surface area contributed by atoms with E-state index >= 15 is 0 Å². The van der Waals surface area contributed by atoms with Crippen LogP contribution in [0, 0.1) is 11.3 Å². The summed E-state index contributed by atoms with van der Waals surface area (Å²) >= 11 is 12.2. The molecule has 3 aromatic rings. The van der Waals surface area contributed by atoms with E-state index < -0.39 is 0 Å². The van der Waals surface area contributed by atoms with Gasteiger partial charge in [0, 0.05) is 37.7 Å². The first-order valence-electron chi connectivity index (χ1n) is 11.7. The number of hydrogen-bond acceptors (Lipinski definition) is 5. The average Bonchev–Trinajstić information content (AvgIpc) is 2.91. The Bertz CT molecular complexity index is 1240. The van der Waals surface area contributed by atoms with Crippen LogP contribution < -0.4 is 4.74 Å². The minimum atomic E-state index is -0.191. The SMILES string of the molecule is COc1cccc(C(CN2CCN(C(=O)c3ccc(Cl)cc3Cl)CC2)OCc2ccc(C#N)cc2)c1. The first-order chi connectivity index (χ1) is 17.5. The van der Waals surface area contributed by atoms with E-state index in [1.807, 2.05) is 41.3 Å². The van der Waals surface area contributed by atoms with Crippen LogP contribution >= 0.6 is 23.2 Å². The van der Waals surface area contributed by atoms with E-state index in [1.54, 1.807) is 37.4 Å². The lowest BCUT2D eigenvalue weighted by atomic mass is 10.1. The second kappa shape index (κ2) is 12.2. The highest BCUT2D eigenvalue weighted by Gasteiger charge is 2.26. The van der Waals surface area contributed by atoms with Gasteiger partial charge in [0.15, 0.2) is 0 Å². The summed E-state index contributed by atoms with van der Waals surface area (Å²) in [4.78, 5) is 17.1. The largest absolute Gasteiger partial charge is 0.497 e. The Morgan fingerprint density at radius 2 is 1.78 bits per heavy atom. The molecule has 1 heterocycles. The van der Waals surface area contributed by atoms with E-state index in [0.29, 0.717) is 47.4 Å². The average molecular weight is 524 g/mol. The summed E-state index contributed by atoms with van der Waals surface area (Å²) in [5, 5.41) is 9.90. The molecule has 0 spiro atoms. The summed E-state index contributed by atoms with van der Waals surface area (Å²) in [7, 11) is 1.65. The van der Waals surface area contributed by atoms with Gasteiger partial charge in [-0.2, -0.15) is 5.26 Å². The summed E-state index contributed by atoms with van der Waals surface area (Å²) in [5.74, 6) is 0.687. The molecule has 3 aromatic carbocycles. The van der Waals surface area contributed by atoms with Crippen LogP contribution in [0.4, 0.5) is 0 Å². The van der Waals surface area contributed by atoms with Gasteiger partial charge < -0.3 is 14.4 Å². The van der Waals surface area contributed by atoms with Gasteiger partial charge in [-0.1, -0.05) is 47.5 Å². The maximum atomic E-state index is 13.0. The number of amides is 1. The van der Waals surface area contributed by atoms with E-state index in [1.165, 1.54) is 0 Å². The number of carbonyl (C=O) groups excluding carboxylic acids is 1. The lowest BCUT2D eigenvalue weighted by Crippen LogP contribution is -2.49. The molecule has 6 nitrogen and oxygen atoms in total. The van der Waals surface area contributed by atoms with Crippen molar-refractivity contribution >= 4 is 29.1 Å². The fraction of sp³-hybridized carbons (Fsp3) is 0.286. The summed E-state index contributed by atoms with van der Waals surface area (Å²) in [5.41, 5.74) is 3.11. The second-order valence-corrected chi connectivity index (χ2v) is 9.45. The number of rotatable bonds is 8. The van der Waals surface area contributed by atoms with Crippen molar-refractivity contribution in [2.75, 3.05) is 39.8 Å². The highest BCUT2D eigenvalue weighted by atomic mass is 35.5. The van der Waals surface area contributed by atoms with Crippen molar-refractivity contribution in [1.82, 2.24) is 9.80 Å². The molecule has 1 atom stereocenters. The van der Waals surface area contributed by atoms with Gasteiger partial charge in [0.05, 0.1) is 42.0 Å². The summed E-state index contributed by atoms with van der Waals surface area (Å²) in [6, 6.07) is 22.4. The number of ether oxygens (including phenoxy) is 2. The molecule has 1 amide bonds. The van der Waals surface area contributed by atoms with Crippen LogP contribution in [0.15, 0.2) is 66.7 Å². The molecule has 1 aliphatic rings. The molecule has 0 aromatic heterocycles. The van der Waals surface area contributed by atoms with E-state index in [0.717, 1.165) is 30.0 Å². The molecule has 4 rings (SSSR count). The van der Waals surface area contributed by atoms with Crippen molar-refractivity contribution in [2.45, 2.75) is 12.7 Å². The number of nitrogens with zero attached hydrogens (tertiary/aromatic N) is 3. The molecule has 1 aliphatic heterocycles. The van der Waals surface area contributed by atoms with Crippen LogP contribution in [-0.2, 0) is 11.3 Å². The number of methoxy groups -OCH3 is 1. The number of nitriles is 1. The third kappa shape index (κ3) is 6.57. The standard InChI is InChI=1S/C28H27Cl2N3O3/c1-35-24-4-2-3-22(15-24)27(36-19-21-7-5-20(17-31)6-8-21)18-32-11-13-33(14-12-32)28(34)25-10-9-23(29)16-26(25)30/h2-10,15-16,27H,11-14,18-19H2,1H3. The second-order valence-electron chi connectivity index (χ2n) is 8.60. The lowest BCUT2D eigenvalue weighted by Gasteiger charge is -2.36. The molecule has 8 heteroatoms. The van der Waals surface area contributed by atoms with E-state index in [4.69, 9.17) is 37.9 Å². The van der Waals surface area contributed by atoms with Crippen LogP contribution in [0.3, 0.4) is 0 Å². The Kier molecular flexibility index (Phi) is 8.84. The smallest absolute Gasteiger partial charge is 0.255 e. The monoisotopic (exact) mass is 523 g/mol. The van der Waals surface area contributed by atoms with Crippen molar-refractivity contribution in [3.05, 3.63) is 99.0 Å². The van der Waals surface area contributed by atoms with Crippen molar-refractivity contribution in [1.29, 1.82) is 5.26 Å². The number of halogens is 2. The molecule has 1 fully saturated rings. The van der Waals surface area contributed by atoms with Crippen LogP contribution in [0.25, 0.3) is 0 Å². The predicted molar refractivity (Wildman–Crippen MR) is 140 cm³/mol. The number of piperazine rings is 1. The van der Waals surface area contributed by atoms with Gasteiger partial charge in [-0.05, 0) is 53.6 Å². The van der Waals surface area contributed by atoms with Crippen molar-refractivity contribution in [2.24, 2.45) is 0 Å². The normalized spacial score (nSPS) is 14.8. The first kappa shape index (κ1) is 26.0. The molecule has 1 unspecified atom stereocenters. The van der Waals surface area contributed by atoms with Crippen LogP contribution in [0.2, 0.25) is 10.0 Å². The zero-order valence-electron chi connectivity index (χ0n) is 20.0. The Morgan fingerprint density at radius 3 is 2.44 bits per heavy atom. The zero-order valence-corrected chi connectivity index (χ0v) is 21.5. The topological polar surface area (TPSA) is 65.8 Å². The summed E-state index contributed by atoms with van der Waals surface area (Å²) < 4.78 is 11.8. The minimum absolute atomic E-state index is 0.0854. The first-order valence-corrected chi connectivity index (χ1v) is 12.4. The van der Waals surface area contributed by atoms with Gasteiger partial charge in [-0.3, -0.25) is 9.69 Å². The maximum absolute atomic E-state index is 13.0. The molecule has 0 radical (unpaired) electrons.